The standard InChI is InChI=1S/C10H30S3Si7/c1-14(2)17(7)11-18(8)13-19(9,12-17)16(5,6)20(14,10)15(18,3)4/h1-10H3. The molecule has 4 saturated heterocycles. The molecule has 4 aliphatic heterocycles. The van der Waals surface area contributed by atoms with E-state index >= 15 is 0 Å². The van der Waals surface area contributed by atoms with Gasteiger partial charge in [-0.15, -0.1) is 0 Å². The topological polar surface area (TPSA) is 0 Å². The molecule has 0 aromatic heterocycles. The van der Waals surface area contributed by atoms with Crippen LogP contribution < -0.4 is 0 Å². The SMILES string of the molecule is C[Si]12S[Si]3(C)S[Si](C)(S1)[Si](C)(C)[Si](C)([Si]2(C)C)[Si]3(C)C. The van der Waals surface area contributed by atoms with Crippen LogP contribution in [-0.4, -0.2) is 45.6 Å². The van der Waals surface area contributed by atoms with Gasteiger partial charge in [-0.3, -0.25) is 0 Å². The van der Waals surface area contributed by atoms with Gasteiger partial charge < -0.3 is 0 Å². The van der Waals surface area contributed by atoms with Crippen molar-refractivity contribution in [1.82, 2.24) is 0 Å². The molecule has 0 spiro atoms. The van der Waals surface area contributed by atoms with Crippen LogP contribution in [-0.2, 0) is 0 Å². The van der Waals surface area contributed by atoms with Gasteiger partial charge in [0.15, 0.2) is 0 Å². The average molecular weight is 443 g/mol. The predicted molar refractivity (Wildman–Crippen MR) is 122 cm³/mol. The van der Waals surface area contributed by atoms with Crippen molar-refractivity contribution in [3.63, 3.8) is 0 Å². The maximum absolute atomic E-state index is 3.03. The average Bonchev–Trinajstić information content (AvgIpc) is 2.22. The van der Waals surface area contributed by atoms with Gasteiger partial charge >= 0.3 is 0 Å². The van der Waals surface area contributed by atoms with Gasteiger partial charge in [-0.25, -0.2) is 0 Å². The van der Waals surface area contributed by atoms with E-state index in [0.717, 1.165) is 0 Å². The van der Waals surface area contributed by atoms with Crippen molar-refractivity contribution < 1.29 is 0 Å². The molecule has 0 atom stereocenters. The van der Waals surface area contributed by atoms with Crippen molar-refractivity contribution in [2.45, 2.75) is 65.5 Å². The van der Waals surface area contributed by atoms with Crippen LogP contribution in [0.15, 0.2) is 0 Å². The molecule has 4 bridgehead atoms. The fraction of sp³-hybridized carbons (Fsp3) is 1.00. The lowest BCUT2D eigenvalue weighted by atomic mass is 11.9. The summed E-state index contributed by atoms with van der Waals surface area (Å²) in [6, 6.07) is 0. The minimum atomic E-state index is -1.02. The molecule has 4 heterocycles. The first-order chi connectivity index (χ1) is 8.62. The maximum atomic E-state index is 3.03. The molecular weight excluding hydrogens is 413 g/mol. The van der Waals surface area contributed by atoms with Crippen LogP contribution in [0.3, 0.4) is 0 Å². The van der Waals surface area contributed by atoms with Gasteiger partial charge in [0.05, 0.1) is 21.3 Å². The first-order valence-electron chi connectivity index (χ1n) is 7.72. The van der Waals surface area contributed by atoms with Crippen LogP contribution in [0, 0.1) is 0 Å². The Morgan fingerprint density at radius 1 is 0.400 bits per heavy atom. The molecule has 0 aromatic rings. The molecule has 4 fully saturated rings. The fourth-order valence-electron chi connectivity index (χ4n) is 5.65. The first-order valence-corrected chi connectivity index (χ1v) is 39.5. The lowest BCUT2D eigenvalue weighted by molar-refractivity contribution is 1.84. The molecule has 20 heavy (non-hydrogen) atoms. The number of hydrogen-bond donors (Lipinski definition) is 0. The Kier molecular flexibility index (Phi) is 3.51. The van der Waals surface area contributed by atoms with Crippen molar-refractivity contribution in [2.24, 2.45) is 0 Å². The van der Waals surface area contributed by atoms with Crippen molar-refractivity contribution >= 4 is 77.6 Å². The molecule has 4 aliphatic rings. The quantitative estimate of drug-likeness (QED) is 0.478. The highest BCUT2D eigenvalue weighted by molar-refractivity contribution is 9.09. The number of rotatable bonds is 0. The second-order valence-electron chi connectivity index (χ2n) is 9.14. The van der Waals surface area contributed by atoms with Gasteiger partial charge in [0, 0.05) is 6.63 Å². The highest BCUT2D eigenvalue weighted by atomic mass is 32.9. The summed E-state index contributed by atoms with van der Waals surface area (Å²) in [4.78, 5) is 0. The molecule has 0 aromatic carbocycles. The first kappa shape index (κ1) is 17.4. The van der Waals surface area contributed by atoms with Gasteiger partial charge in [-0.05, 0) is 0 Å². The molecule has 116 valence electrons. The molecule has 0 saturated carbocycles. The monoisotopic (exact) mass is 442 g/mol. The van der Waals surface area contributed by atoms with E-state index in [2.05, 4.69) is 97.5 Å². The third-order valence-electron chi connectivity index (χ3n) is 8.32. The Hall–Kier alpha value is 2.57. The van der Waals surface area contributed by atoms with Gasteiger partial charge in [0.2, 0.25) is 0 Å². The Balaban J connectivity index is 2.40. The molecule has 0 aliphatic carbocycles. The smallest absolute Gasteiger partial charge is 0.148 e. The van der Waals surface area contributed by atoms with Gasteiger partial charge in [0.1, 0.15) is 17.7 Å². The molecule has 0 unspecified atom stereocenters. The molecule has 4 rings (SSSR count). The summed E-state index contributed by atoms with van der Waals surface area (Å²) in [5.74, 6) is -3.05. The summed E-state index contributed by atoms with van der Waals surface area (Å²) in [5, 5.41) is 0. The van der Waals surface area contributed by atoms with E-state index in [4.69, 9.17) is 0 Å². The fourth-order valence-corrected chi connectivity index (χ4v) is 480. The second-order valence-corrected chi connectivity index (χ2v) is 108. The van der Waals surface area contributed by atoms with E-state index in [1.165, 1.54) is 0 Å². The molecule has 0 amide bonds. The summed E-state index contributed by atoms with van der Waals surface area (Å²) < 4.78 is 0. The Morgan fingerprint density at radius 3 is 0.800 bits per heavy atom. The van der Waals surface area contributed by atoms with E-state index in [-0.39, 0.29) is 0 Å². The van der Waals surface area contributed by atoms with Gasteiger partial charge in [-0.2, -0.15) is 32.0 Å². The molecular formula is C10H30S3Si7. The van der Waals surface area contributed by atoms with E-state index in [9.17, 15) is 0 Å². The lowest BCUT2D eigenvalue weighted by Crippen LogP contribution is -3.05. The predicted octanol–water partition coefficient (Wildman–Crippen LogP) is 5.12. The summed E-state index contributed by atoms with van der Waals surface area (Å²) in [6.07, 6.45) is 0. The molecule has 10 heteroatoms. The van der Waals surface area contributed by atoms with Crippen molar-refractivity contribution in [3.8, 4) is 0 Å². The van der Waals surface area contributed by atoms with Crippen molar-refractivity contribution in [2.75, 3.05) is 0 Å². The summed E-state index contributed by atoms with van der Waals surface area (Å²) in [6.45, 7) is 28.1. The van der Waals surface area contributed by atoms with E-state index in [0.29, 0.717) is 0 Å². The number of hydrogen-bond acceptors (Lipinski definition) is 3. The van der Waals surface area contributed by atoms with Crippen LogP contribution in [0.5, 0.6) is 0 Å². The van der Waals surface area contributed by atoms with Crippen LogP contribution in [0.4, 0.5) is 0 Å². The Bertz CT molecular complexity index is 428. The third-order valence-corrected chi connectivity index (χ3v) is 238. The van der Waals surface area contributed by atoms with Crippen LogP contribution in [0.2, 0.25) is 65.5 Å². The summed E-state index contributed by atoms with van der Waals surface area (Å²) in [7, 11) is 5.29. The summed E-state index contributed by atoms with van der Waals surface area (Å²) >= 11 is 0. The minimum absolute atomic E-state index is 0.961. The molecule has 0 radical (unpaired) electrons. The normalized spacial score (nSPS) is 57.9. The Morgan fingerprint density at radius 2 is 0.600 bits per heavy atom. The van der Waals surface area contributed by atoms with Crippen LogP contribution in [0.25, 0.3) is 0 Å². The third kappa shape index (κ3) is 1.42. The van der Waals surface area contributed by atoms with Gasteiger partial charge in [0.25, 0.3) is 0 Å². The maximum Gasteiger partial charge on any atom is 0.148 e. The zero-order valence-corrected chi connectivity index (χ0v) is 24.2. The highest BCUT2D eigenvalue weighted by Crippen LogP contribution is 2.75. The second kappa shape index (κ2) is 4.03. The van der Waals surface area contributed by atoms with E-state index in [1.807, 2.05) is 0 Å². The van der Waals surface area contributed by atoms with Crippen molar-refractivity contribution in [3.05, 3.63) is 0 Å². The molecule has 0 N–H and O–H groups in total. The van der Waals surface area contributed by atoms with Gasteiger partial charge in [-0.1, -0.05) is 65.5 Å². The van der Waals surface area contributed by atoms with Crippen LogP contribution >= 0.6 is 32.0 Å². The zero-order chi connectivity index (χ0) is 15.6. The highest BCUT2D eigenvalue weighted by Gasteiger charge is 2.88. The Labute approximate surface area is 142 Å². The van der Waals surface area contributed by atoms with E-state index in [1.54, 1.807) is 0 Å². The molecule has 0 nitrogen and oxygen atoms in total. The van der Waals surface area contributed by atoms with Crippen LogP contribution in [0.1, 0.15) is 0 Å². The van der Waals surface area contributed by atoms with Crippen molar-refractivity contribution in [1.29, 1.82) is 0 Å². The zero-order valence-electron chi connectivity index (χ0n) is 14.7. The minimum Gasteiger partial charge on any atom is -0.190 e. The van der Waals surface area contributed by atoms with E-state index < -0.39 is 45.6 Å². The lowest BCUT2D eigenvalue weighted by Gasteiger charge is -2.81. The largest absolute Gasteiger partial charge is 0.190 e. The summed E-state index contributed by atoms with van der Waals surface area (Å²) in [5.41, 5.74) is 0.